The number of anilines is 1. The third kappa shape index (κ3) is 5.09. The van der Waals surface area contributed by atoms with E-state index in [4.69, 9.17) is 15.0 Å². The van der Waals surface area contributed by atoms with Gasteiger partial charge in [-0.2, -0.15) is 4.31 Å². The second-order valence-corrected chi connectivity index (χ2v) is 13.0. The van der Waals surface area contributed by atoms with Gasteiger partial charge >= 0.3 is 0 Å². The molecule has 0 N–H and O–H groups in total. The normalized spacial score (nSPS) is 24.2. The van der Waals surface area contributed by atoms with Gasteiger partial charge in [-0.3, -0.25) is 4.98 Å². The minimum atomic E-state index is -3.54. The largest absolute Gasteiger partial charge is 0.368 e. The molecule has 2 fully saturated rings. The zero-order valence-electron chi connectivity index (χ0n) is 22.5. The highest BCUT2D eigenvalue weighted by atomic mass is 32.2. The zero-order chi connectivity index (χ0) is 26.3. The standard InChI is InChI=1S/C28H38N6O2S/c1-19(2)28-30-24-15-22(33-13-11-32(5)12-14-33)16-29-26(24)27(31-28)25-20(3)17-34(18-21(25)4)37(35,36)23-9-7-6-8-10-23/h6-10,15-16,19-21,25H,11-14,17-18H2,1-5H3. The summed E-state index contributed by atoms with van der Waals surface area (Å²) in [6.07, 6.45) is 1.96. The van der Waals surface area contributed by atoms with Gasteiger partial charge in [0.25, 0.3) is 0 Å². The summed E-state index contributed by atoms with van der Waals surface area (Å²) in [5, 5.41) is 0. The lowest BCUT2D eigenvalue weighted by molar-refractivity contribution is 0.184. The highest BCUT2D eigenvalue weighted by molar-refractivity contribution is 7.89. The molecule has 0 radical (unpaired) electrons. The first-order chi connectivity index (χ1) is 17.6. The van der Waals surface area contributed by atoms with Crippen molar-refractivity contribution in [3.63, 3.8) is 0 Å². The van der Waals surface area contributed by atoms with Gasteiger partial charge in [0.1, 0.15) is 11.3 Å². The lowest BCUT2D eigenvalue weighted by Gasteiger charge is -2.40. The van der Waals surface area contributed by atoms with Crippen molar-refractivity contribution in [3.05, 3.63) is 54.1 Å². The molecule has 2 aliphatic rings. The Morgan fingerprint density at radius 3 is 2.22 bits per heavy atom. The van der Waals surface area contributed by atoms with Crippen LogP contribution in [0.5, 0.6) is 0 Å². The van der Waals surface area contributed by atoms with Crippen LogP contribution in [0.25, 0.3) is 11.0 Å². The van der Waals surface area contributed by atoms with E-state index in [1.807, 2.05) is 12.3 Å². The molecule has 0 saturated carbocycles. The van der Waals surface area contributed by atoms with Crippen LogP contribution in [-0.4, -0.2) is 78.9 Å². The second kappa shape index (κ2) is 10.3. The highest BCUT2D eigenvalue weighted by Crippen LogP contribution is 2.40. The van der Waals surface area contributed by atoms with Crippen molar-refractivity contribution in [1.29, 1.82) is 0 Å². The summed E-state index contributed by atoms with van der Waals surface area (Å²) in [5.74, 6) is 1.25. The lowest BCUT2D eigenvalue weighted by atomic mass is 9.77. The summed E-state index contributed by atoms with van der Waals surface area (Å²) in [6.45, 7) is 13.4. The molecule has 9 heteroatoms. The van der Waals surface area contributed by atoms with E-state index in [2.05, 4.69) is 50.6 Å². The van der Waals surface area contributed by atoms with Crippen LogP contribution in [0.2, 0.25) is 0 Å². The average Bonchev–Trinajstić information content (AvgIpc) is 2.88. The van der Waals surface area contributed by atoms with Gasteiger partial charge in [-0.15, -0.1) is 0 Å². The van der Waals surface area contributed by atoms with Gasteiger partial charge in [0.2, 0.25) is 10.0 Å². The van der Waals surface area contributed by atoms with E-state index >= 15 is 0 Å². The highest BCUT2D eigenvalue weighted by Gasteiger charge is 2.40. The molecule has 5 rings (SSSR count). The SMILES string of the molecule is CC(C)c1nc(C2C(C)CN(S(=O)(=O)c3ccccc3)CC2C)c2ncc(N3CCN(C)CC3)cc2n1. The Hall–Kier alpha value is -2.62. The van der Waals surface area contributed by atoms with Crippen molar-refractivity contribution < 1.29 is 8.42 Å². The number of nitrogens with zero attached hydrogens (tertiary/aromatic N) is 6. The average molecular weight is 523 g/mol. The van der Waals surface area contributed by atoms with Gasteiger partial charge in [-0.1, -0.05) is 45.9 Å². The number of piperidine rings is 1. The fourth-order valence-electron chi connectivity index (χ4n) is 5.76. The first-order valence-corrected chi connectivity index (χ1v) is 14.8. The number of rotatable bonds is 5. The maximum absolute atomic E-state index is 13.4. The molecule has 0 aliphatic carbocycles. The van der Waals surface area contributed by atoms with Crippen LogP contribution in [0.4, 0.5) is 5.69 Å². The Kier molecular flexibility index (Phi) is 7.22. The number of aromatic nitrogens is 3. The summed E-state index contributed by atoms with van der Waals surface area (Å²) in [5.41, 5.74) is 3.77. The number of sulfonamides is 1. The third-order valence-electron chi connectivity index (χ3n) is 7.86. The number of hydrogen-bond donors (Lipinski definition) is 0. The summed E-state index contributed by atoms with van der Waals surface area (Å²) < 4.78 is 28.4. The van der Waals surface area contributed by atoms with Gasteiger partial charge in [-0.05, 0) is 37.1 Å². The van der Waals surface area contributed by atoms with E-state index in [1.165, 1.54) is 0 Å². The summed E-state index contributed by atoms with van der Waals surface area (Å²) in [6, 6.07) is 10.9. The molecule has 2 aromatic heterocycles. The van der Waals surface area contributed by atoms with Gasteiger partial charge in [0.05, 0.1) is 28.0 Å². The fourth-order valence-corrected chi connectivity index (χ4v) is 7.42. The minimum Gasteiger partial charge on any atom is -0.368 e. The summed E-state index contributed by atoms with van der Waals surface area (Å²) in [4.78, 5) is 20.0. The van der Waals surface area contributed by atoms with Gasteiger partial charge < -0.3 is 9.80 Å². The summed E-state index contributed by atoms with van der Waals surface area (Å²) >= 11 is 0. The molecule has 4 heterocycles. The topological polar surface area (TPSA) is 82.5 Å². The van der Waals surface area contributed by atoms with E-state index < -0.39 is 10.0 Å². The van der Waals surface area contributed by atoms with Crippen molar-refractivity contribution in [3.8, 4) is 0 Å². The van der Waals surface area contributed by atoms with Crippen LogP contribution in [0.3, 0.4) is 0 Å². The van der Waals surface area contributed by atoms with E-state index in [0.29, 0.717) is 18.0 Å². The molecule has 198 valence electrons. The first-order valence-electron chi connectivity index (χ1n) is 13.3. The van der Waals surface area contributed by atoms with Crippen LogP contribution in [0, 0.1) is 11.8 Å². The predicted octanol–water partition coefficient (Wildman–Crippen LogP) is 3.96. The quantitative estimate of drug-likeness (QED) is 0.502. The number of piperazine rings is 1. The second-order valence-electron chi connectivity index (χ2n) is 11.1. The summed E-state index contributed by atoms with van der Waals surface area (Å²) in [7, 11) is -1.39. The molecule has 2 unspecified atom stereocenters. The van der Waals surface area contributed by atoms with Gasteiger partial charge in [-0.25, -0.2) is 18.4 Å². The van der Waals surface area contributed by atoms with E-state index in [9.17, 15) is 8.42 Å². The number of benzene rings is 1. The fraction of sp³-hybridized carbons (Fsp3) is 0.536. The van der Waals surface area contributed by atoms with E-state index in [1.54, 1.807) is 28.6 Å². The predicted molar refractivity (Wildman–Crippen MR) is 147 cm³/mol. The number of likely N-dealkylation sites (N-methyl/N-ethyl adjacent to an activating group) is 1. The number of hydrogen-bond acceptors (Lipinski definition) is 7. The van der Waals surface area contributed by atoms with E-state index in [0.717, 1.165) is 54.4 Å². The first kappa shape index (κ1) is 26.0. The van der Waals surface area contributed by atoms with Crippen LogP contribution >= 0.6 is 0 Å². The van der Waals surface area contributed by atoms with Crippen LogP contribution < -0.4 is 4.90 Å². The Morgan fingerprint density at radius 1 is 0.946 bits per heavy atom. The third-order valence-corrected chi connectivity index (χ3v) is 9.70. The minimum absolute atomic E-state index is 0.0828. The van der Waals surface area contributed by atoms with E-state index in [-0.39, 0.29) is 23.7 Å². The van der Waals surface area contributed by atoms with Crippen molar-refractivity contribution >= 4 is 26.7 Å². The van der Waals surface area contributed by atoms with Gasteiger partial charge in [0, 0.05) is 51.1 Å². The van der Waals surface area contributed by atoms with Crippen LogP contribution in [-0.2, 0) is 10.0 Å². The van der Waals surface area contributed by atoms with Crippen LogP contribution in [0.15, 0.2) is 47.5 Å². The molecule has 0 bridgehead atoms. The Bertz CT molecular complexity index is 1340. The Morgan fingerprint density at radius 2 is 1.59 bits per heavy atom. The zero-order valence-corrected chi connectivity index (χ0v) is 23.3. The molecule has 8 nitrogen and oxygen atoms in total. The molecule has 2 atom stereocenters. The van der Waals surface area contributed by atoms with Crippen molar-refractivity contribution in [2.24, 2.45) is 11.8 Å². The number of fused-ring (bicyclic) bond motifs is 1. The molecule has 2 aliphatic heterocycles. The molecular weight excluding hydrogens is 484 g/mol. The number of pyridine rings is 1. The maximum Gasteiger partial charge on any atom is 0.243 e. The molecule has 0 spiro atoms. The molecule has 0 amide bonds. The van der Waals surface area contributed by atoms with Crippen molar-refractivity contribution in [1.82, 2.24) is 24.2 Å². The molecule has 1 aromatic carbocycles. The lowest BCUT2D eigenvalue weighted by Crippen LogP contribution is -2.46. The maximum atomic E-state index is 13.4. The molecular formula is C28H38N6O2S. The monoisotopic (exact) mass is 522 g/mol. The smallest absolute Gasteiger partial charge is 0.243 e. The Balaban J connectivity index is 1.49. The Labute approximate surface area is 220 Å². The molecule has 37 heavy (non-hydrogen) atoms. The van der Waals surface area contributed by atoms with Crippen molar-refractivity contribution in [2.45, 2.75) is 44.4 Å². The molecule has 3 aromatic rings. The van der Waals surface area contributed by atoms with Gasteiger partial charge in [0.15, 0.2) is 0 Å². The van der Waals surface area contributed by atoms with Crippen molar-refractivity contribution in [2.75, 3.05) is 51.2 Å². The van der Waals surface area contributed by atoms with Crippen LogP contribution in [0.1, 0.15) is 51.0 Å². The molecule has 2 saturated heterocycles.